The Morgan fingerprint density at radius 3 is 2.57 bits per heavy atom. The fraction of sp³-hybridized carbons (Fsp3) is 0.0526. The van der Waals surface area contributed by atoms with Crippen LogP contribution >= 0.6 is 0 Å². The van der Waals surface area contributed by atoms with E-state index in [0.717, 1.165) is 21.9 Å². The Hall–Kier alpha value is -3.14. The molecule has 23 heavy (non-hydrogen) atoms. The van der Waals surface area contributed by atoms with E-state index in [1.807, 2.05) is 36.5 Å². The van der Waals surface area contributed by atoms with Gasteiger partial charge in [0, 0.05) is 17.6 Å². The van der Waals surface area contributed by atoms with Gasteiger partial charge in [-0.05, 0) is 60.2 Å². The van der Waals surface area contributed by atoms with Crippen molar-refractivity contribution in [1.29, 1.82) is 0 Å². The Morgan fingerprint density at radius 2 is 1.78 bits per heavy atom. The van der Waals surface area contributed by atoms with Gasteiger partial charge in [0.05, 0.1) is 11.4 Å². The molecule has 0 radical (unpaired) electrons. The highest BCUT2D eigenvalue weighted by Gasteiger charge is 2.11. The van der Waals surface area contributed by atoms with Crippen molar-refractivity contribution in [2.75, 3.05) is 0 Å². The van der Waals surface area contributed by atoms with Gasteiger partial charge in [-0.3, -0.25) is 9.98 Å². The lowest BCUT2D eigenvalue weighted by Gasteiger charge is -2.05. The maximum atomic E-state index is 9.31. The Kier molecular flexibility index (Phi) is 3.27. The molecular weight excluding hydrogens is 288 g/mol. The molecule has 3 aromatic rings. The topological polar surface area (TPSA) is 54.7 Å². The van der Waals surface area contributed by atoms with Crippen LogP contribution < -0.4 is 15.3 Å². The number of hydrogen-bond acceptors (Lipinski definition) is 4. The quantitative estimate of drug-likeness (QED) is 0.809. The van der Waals surface area contributed by atoms with Crippen LogP contribution in [0.15, 0.2) is 72.0 Å². The summed E-state index contributed by atoms with van der Waals surface area (Å²) in [5.41, 5.74) is 1.07. The summed E-state index contributed by atoms with van der Waals surface area (Å²) in [7, 11) is 0. The molecule has 2 aromatic carbocycles. The molecule has 0 fully saturated rings. The molecule has 4 heteroatoms. The number of rotatable bonds is 3. The van der Waals surface area contributed by atoms with E-state index in [9.17, 15) is 5.11 Å². The second-order valence-electron chi connectivity index (χ2n) is 5.34. The van der Waals surface area contributed by atoms with Crippen molar-refractivity contribution < 1.29 is 9.84 Å². The van der Waals surface area contributed by atoms with E-state index in [0.29, 0.717) is 5.75 Å². The molecule has 1 aromatic heterocycles. The number of nitrogens with zero attached hydrogens (tertiary/aromatic N) is 2. The molecule has 0 bridgehead atoms. The van der Waals surface area contributed by atoms with E-state index < -0.39 is 0 Å². The first kappa shape index (κ1) is 13.5. The molecule has 1 aliphatic heterocycles. The number of ether oxygens (including phenoxy) is 1. The van der Waals surface area contributed by atoms with E-state index in [4.69, 9.17) is 9.73 Å². The van der Waals surface area contributed by atoms with E-state index in [2.05, 4.69) is 11.1 Å². The molecular formula is C19H14N2O2. The van der Waals surface area contributed by atoms with E-state index in [1.54, 1.807) is 30.5 Å². The summed E-state index contributed by atoms with van der Waals surface area (Å²) in [6.45, 7) is 0. The van der Waals surface area contributed by atoms with E-state index in [-0.39, 0.29) is 11.8 Å². The number of benzene rings is 2. The number of aromatic hydroxyl groups is 1. The van der Waals surface area contributed by atoms with Gasteiger partial charge in [-0.25, -0.2) is 0 Å². The first-order valence-electron chi connectivity index (χ1n) is 7.34. The van der Waals surface area contributed by atoms with Gasteiger partial charge in [-0.1, -0.05) is 6.07 Å². The standard InChI is InChI=1S/C19H14N2O2/c22-15-3-5-16(6-4-15)23-17-7-8-18-14(10-17)11-19(21-18)13-2-1-9-20-12-13/h1-12,19,22H. The summed E-state index contributed by atoms with van der Waals surface area (Å²) < 4.78 is 5.81. The van der Waals surface area contributed by atoms with Crippen LogP contribution in [0.3, 0.4) is 0 Å². The molecule has 1 atom stereocenters. The minimum absolute atomic E-state index is 0.00243. The number of phenolic OH excluding ortho intramolecular Hbond substituents is 1. The van der Waals surface area contributed by atoms with E-state index >= 15 is 0 Å². The molecule has 2 heterocycles. The zero-order chi connectivity index (χ0) is 15.6. The van der Waals surface area contributed by atoms with Crippen molar-refractivity contribution in [2.45, 2.75) is 6.04 Å². The lowest BCUT2D eigenvalue weighted by atomic mass is 10.1. The normalized spacial score (nSPS) is 15.4. The fourth-order valence-corrected chi connectivity index (χ4v) is 2.58. The summed E-state index contributed by atoms with van der Waals surface area (Å²) in [6.07, 6.45) is 5.70. The van der Waals surface area contributed by atoms with Crippen molar-refractivity contribution in [2.24, 2.45) is 4.99 Å². The number of phenols is 1. The first-order valence-corrected chi connectivity index (χ1v) is 7.34. The van der Waals surface area contributed by atoms with Gasteiger partial charge in [-0.2, -0.15) is 0 Å². The molecule has 1 N–H and O–H groups in total. The van der Waals surface area contributed by atoms with Gasteiger partial charge in [0.25, 0.3) is 0 Å². The average Bonchev–Trinajstić information content (AvgIpc) is 3.01. The highest BCUT2D eigenvalue weighted by Crippen LogP contribution is 2.23. The summed E-state index contributed by atoms with van der Waals surface area (Å²) in [5, 5.41) is 11.3. The van der Waals surface area contributed by atoms with Crippen molar-refractivity contribution >= 4 is 6.08 Å². The van der Waals surface area contributed by atoms with Gasteiger partial charge in [0.1, 0.15) is 17.2 Å². The van der Waals surface area contributed by atoms with Crippen LogP contribution in [0.5, 0.6) is 17.2 Å². The third kappa shape index (κ3) is 2.79. The third-order valence-electron chi connectivity index (χ3n) is 3.71. The van der Waals surface area contributed by atoms with Crippen molar-refractivity contribution in [3.63, 3.8) is 0 Å². The van der Waals surface area contributed by atoms with Crippen LogP contribution in [0, 0.1) is 0 Å². The SMILES string of the molecule is Oc1ccc(Oc2ccc3c(c2)=CC(c2cccnc2)N=3)cc1. The second kappa shape index (κ2) is 5.57. The Labute approximate surface area is 133 Å². The van der Waals surface area contributed by atoms with Crippen LogP contribution in [0.1, 0.15) is 11.6 Å². The highest BCUT2D eigenvalue weighted by atomic mass is 16.5. The van der Waals surface area contributed by atoms with Gasteiger partial charge >= 0.3 is 0 Å². The fourth-order valence-electron chi connectivity index (χ4n) is 2.58. The maximum Gasteiger partial charge on any atom is 0.128 e. The number of aromatic nitrogens is 1. The van der Waals surface area contributed by atoms with Crippen LogP contribution in [-0.4, -0.2) is 10.1 Å². The van der Waals surface area contributed by atoms with Crippen LogP contribution in [0.2, 0.25) is 0 Å². The van der Waals surface area contributed by atoms with Crippen molar-refractivity contribution in [1.82, 2.24) is 4.98 Å². The van der Waals surface area contributed by atoms with Crippen molar-refractivity contribution in [3.8, 4) is 17.2 Å². The Balaban J connectivity index is 1.64. The number of pyridine rings is 1. The molecule has 4 nitrogen and oxygen atoms in total. The summed E-state index contributed by atoms with van der Waals surface area (Å²) in [5.74, 6) is 1.65. The Bertz CT molecular complexity index is 951. The first-order chi connectivity index (χ1) is 11.3. The minimum Gasteiger partial charge on any atom is -0.508 e. The van der Waals surface area contributed by atoms with Crippen LogP contribution in [0.4, 0.5) is 0 Å². The van der Waals surface area contributed by atoms with Crippen LogP contribution in [0.25, 0.3) is 6.08 Å². The lowest BCUT2D eigenvalue weighted by molar-refractivity contribution is 0.464. The predicted octanol–water partition coefficient (Wildman–Crippen LogP) is 2.73. The average molecular weight is 302 g/mol. The summed E-state index contributed by atoms with van der Waals surface area (Å²) in [6, 6.07) is 16.4. The summed E-state index contributed by atoms with van der Waals surface area (Å²) in [4.78, 5) is 8.84. The predicted molar refractivity (Wildman–Crippen MR) is 86.8 cm³/mol. The molecule has 112 valence electrons. The molecule has 0 spiro atoms. The maximum absolute atomic E-state index is 9.31. The van der Waals surface area contributed by atoms with Crippen LogP contribution in [-0.2, 0) is 0 Å². The summed E-state index contributed by atoms with van der Waals surface area (Å²) >= 11 is 0. The van der Waals surface area contributed by atoms with Gasteiger partial charge in [-0.15, -0.1) is 0 Å². The lowest BCUT2D eigenvalue weighted by Crippen LogP contribution is -2.20. The van der Waals surface area contributed by atoms with E-state index in [1.165, 1.54) is 0 Å². The Morgan fingerprint density at radius 1 is 0.957 bits per heavy atom. The minimum atomic E-state index is 0.00243. The number of hydrogen-bond donors (Lipinski definition) is 1. The van der Waals surface area contributed by atoms with Gasteiger partial charge < -0.3 is 9.84 Å². The zero-order valence-corrected chi connectivity index (χ0v) is 12.3. The highest BCUT2D eigenvalue weighted by molar-refractivity contribution is 5.44. The van der Waals surface area contributed by atoms with Crippen molar-refractivity contribution in [3.05, 3.63) is 83.1 Å². The molecule has 0 saturated heterocycles. The molecule has 1 aliphatic rings. The largest absolute Gasteiger partial charge is 0.508 e. The number of fused-ring (bicyclic) bond motifs is 1. The van der Waals surface area contributed by atoms with Gasteiger partial charge in [0.15, 0.2) is 0 Å². The second-order valence-corrected chi connectivity index (χ2v) is 5.34. The smallest absolute Gasteiger partial charge is 0.128 e. The molecule has 1 unspecified atom stereocenters. The van der Waals surface area contributed by atoms with Gasteiger partial charge in [0.2, 0.25) is 0 Å². The molecule has 0 amide bonds. The monoisotopic (exact) mass is 302 g/mol. The molecule has 0 saturated carbocycles. The third-order valence-corrected chi connectivity index (χ3v) is 3.71. The zero-order valence-electron chi connectivity index (χ0n) is 12.3. The molecule has 0 aliphatic carbocycles. The molecule has 4 rings (SSSR count).